The molecule has 0 aliphatic rings. The number of allylic oxidation sites excluding steroid dienone is 1. The fourth-order valence-corrected chi connectivity index (χ4v) is 3.56. The van der Waals surface area contributed by atoms with Crippen LogP contribution >= 0.6 is 11.3 Å². The van der Waals surface area contributed by atoms with Crippen LogP contribution in [0.3, 0.4) is 0 Å². The number of thiophene rings is 1. The molecule has 5 nitrogen and oxygen atoms in total. The molecule has 150 valence electrons. The molecule has 2 N–H and O–H groups in total. The van der Waals surface area contributed by atoms with Gasteiger partial charge in [0.15, 0.2) is 0 Å². The molecule has 0 fully saturated rings. The van der Waals surface area contributed by atoms with Gasteiger partial charge in [-0.25, -0.2) is 0 Å². The second-order valence-corrected chi connectivity index (χ2v) is 7.82. The molecule has 0 amide bonds. The van der Waals surface area contributed by atoms with Crippen molar-refractivity contribution in [1.82, 2.24) is 10.2 Å². The number of hydrogen-bond acceptors (Lipinski definition) is 4. The predicted molar refractivity (Wildman–Crippen MR) is 117 cm³/mol. The zero-order valence-corrected chi connectivity index (χ0v) is 17.8. The van der Waals surface area contributed by atoms with Gasteiger partial charge in [0, 0.05) is 24.0 Å². The third-order valence-corrected chi connectivity index (χ3v) is 5.32. The van der Waals surface area contributed by atoms with E-state index in [0.29, 0.717) is 19.0 Å². The van der Waals surface area contributed by atoms with E-state index in [1.54, 1.807) is 18.4 Å². The standard InChI is InChI=1S/C22H29N3O2S/c1-5-20(25(13-12-21(26)27)15-19-7-6-14-28-19)24-22(23-4)18-10-8-17(9-11-18)16(2)3/h5-11,14,16H,12-13,15H2,1-4H3,(H,23,24)(H,26,27)/b20-5+. The van der Waals surface area contributed by atoms with Gasteiger partial charge < -0.3 is 15.3 Å². The molecule has 0 saturated heterocycles. The van der Waals surface area contributed by atoms with Gasteiger partial charge in [-0.05, 0) is 35.9 Å². The van der Waals surface area contributed by atoms with Crippen molar-refractivity contribution < 1.29 is 9.90 Å². The summed E-state index contributed by atoms with van der Waals surface area (Å²) in [5, 5.41) is 14.6. The number of benzene rings is 1. The molecule has 0 unspecified atom stereocenters. The second kappa shape index (κ2) is 10.7. The van der Waals surface area contributed by atoms with E-state index in [9.17, 15) is 4.79 Å². The molecular weight excluding hydrogens is 370 g/mol. The molecule has 0 saturated carbocycles. The normalized spacial score (nSPS) is 12.3. The van der Waals surface area contributed by atoms with Gasteiger partial charge in [-0.2, -0.15) is 0 Å². The number of nitrogens with one attached hydrogen (secondary N) is 1. The molecule has 2 aromatic rings. The number of nitrogens with zero attached hydrogens (tertiary/aromatic N) is 2. The van der Waals surface area contributed by atoms with Gasteiger partial charge in [-0.1, -0.05) is 44.2 Å². The van der Waals surface area contributed by atoms with Crippen molar-refractivity contribution in [3.05, 3.63) is 69.7 Å². The molecule has 1 aromatic carbocycles. The summed E-state index contributed by atoms with van der Waals surface area (Å²) in [4.78, 5) is 18.8. The number of carboxylic acid groups (broad SMARTS) is 1. The largest absolute Gasteiger partial charge is 0.481 e. The molecule has 1 heterocycles. The Bertz CT molecular complexity index is 809. The van der Waals surface area contributed by atoms with Crippen molar-refractivity contribution in [2.24, 2.45) is 4.99 Å². The Kier molecular flexibility index (Phi) is 8.26. The van der Waals surface area contributed by atoms with Crippen LogP contribution in [-0.4, -0.2) is 35.4 Å². The van der Waals surface area contributed by atoms with E-state index < -0.39 is 5.97 Å². The molecule has 28 heavy (non-hydrogen) atoms. The SMILES string of the molecule is C/C=C(\NC(=NC)c1ccc(C(C)C)cc1)N(CCC(=O)O)Cc1cccs1. The van der Waals surface area contributed by atoms with Gasteiger partial charge in [-0.3, -0.25) is 9.79 Å². The lowest BCUT2D eigenvalue weighted by molar-refractivity contribution is -0.137. The van der Waals surface area contributed by atoms with Gasteiger partial charge in [0.2, 0.25) is 0 Å². The molecule has 0 aliphatic carbocycles. The fourth-order valence-electron chi connectivity index (χ4n) is 2.84. The van der Waals surface area contributed by atoms with Crippen LogP contribution in [0.4, 0.5) is 0 Å². The minimum atomic E-state index is -0.805. The maximum absolute atomic E-state index is 11.1. The summed E-state index contributed by atoms with van der Waals surface area (Å²) < 4.78 is 0. The van der Waals surface area contributed by atoms with Crippen molar-refractivity contribution in [3.63, 3.8) is 0 Å². The lowest BCUT2D eigenvalue weighted by atomic mass is 10.0. The minimum absolute atomic E-state index is 0.0755. The summed E-state index contributed by atoms with van der Waals surface area (Å²) in [6.07, 6.45) is 2.04. The molecular formula is C22H29N3O2S. The number of amidine groups is 1. The first-order valence-corrected chi connectivity index (χ1v) is 10.3. The molecule has 0 bridgehead atoms. The van der Waals surface area contributed by atoms with Gasteiger partial charge in [-0.15, -0.1) is 11.3 Å². The summed E-state index contributed by atoms with van der Waals surface area (Å²) in [5.41, 5.74) is 2.28. The van der Waals surface area contributed by atoms with Crippen LogP contribution in [-0.2, 0) is 11.3 Å². The molecule has 6 heteroatoms. The van der Waals surface area contributed by atoms with Crippen LogP contribution < -0.4 is 5.32 Å². The van der Waals surface area contributed by atoms with Gasteiger partial charge in [0.1, 0.15) is 11.7 Å². The van der Waals surface area contributed by atoms with Crippen LogP contribution in [0.5, 0.6) is 0 Å². The first kappa shape index (κ1) is 21.7. The first-order chi connectivity index (χ1) is 13.4. The van der Waals surface area contributed by atoms with E-state index in [-0.39, 0.29) is 6.42 Å². The van der Waals surface area contributed by atoms with Crippen molar-refractivity contribution >= 4 is 23.1 Å². The number of carbonyl (C=O) groups is 1. The number of aliphatic imine (C=N–C) groups is 1. The van der Waals surface area contributed by atoms with Crippen LogP contribution in [0.25, 0.3) is 0 Å². The molecule has 0 radical (unpaired) electrons. The summed E-state index contributed by atoms with van der Waals surface area (Å²) in [6.45, 7) is 7.36. The minimum Gasteiger partial charge on any atom is -0.481 e. The maximum atomic E-state index is 11.1. The molecule has 0 atom stereocenters. The van der Waals surface area contributed by atoms with Crippen molar-refractivity contribution in [3.8, 4) is 0 Å². The van der Waals surface area contributed by atoms with Crippen LogP contribution in [0.1, 0.15) is 49.1 Å². The number of hydrogen-bond donors (Lipinski definition) is 2. The summed E-state index contributed by atoms with van der Waals surface area (Å²) in [5.74, 6) is 1.28. The quantitative estimate of drug-likeness (QED) is 0.475. The smallest absolute Gasteiger partial charge is 0.305 e. The molecule has 0 aliphatic heterocycles. The summed E-state index contributed by atoms with van der Waals surface area (Å²) >= 11 is 1.66. The number of carboxylic acids is 1. The van der Waals surface area contributed by atoms with E-state index in [1.807, 2.05) is 29.3 Å². The Morgan fingerprint density at radius 1 is 1.29 bits per heavy atom. The highest BCUT2D eigenvalue weighted by Gasteiger charge is 2.15. The Morgan fingerprint density at radius 2 is 2.00 bits per heavy atom. The van der Waals surface area contributed by atoms with Gasteiger partial charge >= 0.3 is 5.97 Å². The second-order valence-electron chi connectivity index (χ2n) is 6.79. The van der Waals surface area contributed by atoms with Crippen LogP contribution in [0, 0.1) is 0 Å². The third kappa shape index (κ3) is 6.23. The average molecular weight is 400 g/mol. The highest BCUT2D eigenvalue weighted by atomic mass is 32.1. The molecule has 0 spiro atoms. The van der Waals surface area contributed by atoms with E-state index in [4.69, 9.17) is 5.11 Å². The van der Waals surface area contributed by atoms with Gasteiger partial charge in [0.25, 0.3) is 0 Å². The lowest BCUT2D eigenvalue weighted by Gasteiger charge is -2.28. The Balaban J connectivity index is 2.19. The molecule has 2 rings (SSSR count). The molecule has 1 aromatic heterocycles. The predicted octanol–water partition coefficient (Wildman–Crippen LogP) is 4.68. The first-order valence-electron chi connectivity index (χ1n) is 9.44. The Hall–Kier alpha value is -2.60. The monoisotopic (exact) mass is 399 g/mol. The zero-order valence-electron chi connectivity index (χ0n) is 17.0. The highest BCUT2D eigenvalue weighted by Crippen LogP contribution is 2.17. The van der Waals surface area contributed by atoms with Crippen molar-refractivity contribution in [2.45, 2.75) is 39.7 Å². The van der Waals surface area contributed by atoms with E-state index in [0.717, 1.165) is 17.2 Å². The number of aliphatic carboxylic acids is 1. The van der Waals surface area contributed by atoms with Crippen LogP contribution in [0.15, 0.2) is 58.7 Å². The lowest BCUT2D eigenvalue weighted by Crippen LogP contribution is -2.36. The Morgan fingerprint density at radius 3 is 2.50 bits per heavy atom. The van der Waals surface area contributed by atoms with Crippen molar-refractivity contribution in [2.75, 3.05) is 13.6 Å². The maximum Gasteiger partial charge on any atom is 0.305 e. The highest BCUT2D eigenvalue weighted by molar-refractivity contribution is 7.09. The summed E-state index contributed by atoms with van der Waals surface area (Å²) in [7, 11) is 1.76. The topological polar surface area (TPSA) is 64.9 Å². The average Bonchev–Trinajstić information content (AvgIpc) is 3.19. The van der Waals surface area contributed by atoms with E-state index in [1.165, 1.54) is 10.4 Å². The zero-order chi connectivity index (χ0) is 20.5. The fraction of sp³-hybridized carbons (Fsp3) is 0.364. The van der Waals surface area contributed by atoms with Gasteiger partial charge in [0.05, 0.1) is 13.0 Å². The summed E-state index contributed by atoms with van der Waals surface area (Å²) in [6, 6.07) is 12.4. The third-order valence-electron chi connectivity index (χ3n) is 4.46. The van der Waals surface area contributed by atoms with E-state index in [2.05, 4.69) is 54.5 Å². The van der Waals surface area contributed by atoms with E-state index >= 15 is 0 Å². The number of rotatable bonds is 9. The Labute approximate surface area is 171 Å². The van der Waals surface area contributed by atoms with Crippen LogP contribution in [0.2, 0.25) is 0 Å². The van der Waals surface area contributed by atoms with Crippen molar-refractivity contribution in [1.29, 1.82) is 0 Å².